The molecular formula is C19H18N2O2. The molecule has 116 valence electrons. The van der Waals surface area contributed by atoms with E-state index >= 15 is 0 Å². The lowest BCUT2D eigenvalue weighted by atomic mass is 10.1. The second-order valence-electron chi connectivity index (χ2n) is 5.51. The summed E-state index contributed by atoms with van der Waals surface area (Å²) in [4.78, 5) is 24.8. The highest BCUT2D eigenvalue weighted by molar-refractivity contribution is 6.12. The number of hydrogen-bond donors (Lipinski definition) is 1. The number of fused-ring (bicyclic) bond motifs is 1. The topological polar surface area (TPSA) is 51.1 Å². The highest BCUT2D eigenvalue weighted by atomic mass is 16.2. The quantitative estimate of drug-likeness (QED) is 0.806. The van der Waals surface area contributed by atoms with Crippen molar-refractivity contribution >= 4 is 22.4 Å². The summed E-state index contributed by atoms with van der Waals surface area (Å²) < 4.78 is 1.44. The molecule has 0 aliphatic rings. The molecule has 3 rings (SSSR count). The van der Waals surface area contributed by atoms with Gasteiger partial charge in [0.1, 0.15) is 0 Å². The molecule has 1 N–H and O–H groups in total. The molecule has 0 saturated carbocycles. The van der Waals surface area contributed by atoms with Crippen LogP contribution in [0.15, 0.2) is 59.5 Å². The molecule has 0 spiro atoms. The van der Waals surface area contributed by atoms with Gasteiger partial charge in [0, 0.05) is 29.7 Å². The molecule has 0 aliphatic heterocycles. The zero-order chi connectivity index (χ0) is 16.4. The van der Waals surface area contributed by atoms with Gasteiger partial charge in [0.15, 0.2) is 0 Å². The van der Waals surface area contributed by atoms with Crippen LogP contribution in [0.5, 0.6) is 0 Å². The van der Waals surface area contributed by atoms with Gasteiger partial charge in [-0.3, -0.25) is 9.59 Å². The third-order valence-corrected chi connectivity index (χ3v) is 3.96. The summed E-state index contributed by atoms with van der Waals surface area (Å²) >= 11 is 0. The van der Waals surface area contributed by atoms with Crippen molar-refractivity contribution in [1.82, 2.24) is 4.57 Å². The molecule has 1 aromatic heterocycles. The van der Waals surface area contributed by atoms with E-state index in [1.807, 2.05) is 30.3 Å². The standard InChI is InChI=1S/C19H18N2O2/c1-3-13-8-10-14(11-9-13)20-18(22)17-12-21(2)19(23)16-7-5-4-6-15(16)17/h4-12H,3H2,1-2H3,(H,20,22). The summed E-state index contributed by atoms with van der Waals surface area (Å²) in [6, 6.07) is 14.9. The second-order valence-corrected chi connectivity index (χ2v) is 5.51. The molecule has 3 aromatic rings. The molecule has 0 aliphatic carbocycles. The van der Waals surface area contributed by atoms with Gasteiger partial charge in [-0.05, 0) is 30.2 Å². The highest BCUT2D eigenvalue weighted by Crippen LogP contribution is 2.17. The van der Waals surface area contributed by atoms with Gasteiger partial charge in [-0.2, -0.15) is 0 Å². The molecular weight excluding hydrogens is 288 g/mol. The summed E-state index contributed by atoms with van der Waals surface area (Å²) in [7, 11) is 1.65. The lowest BCUT2D eigenvalue weighted by Gasteiger charge is -2.10. The first-order valence-corrected chi connectivity index (χ1v) is 7.59. The molecule has 4 nitrogen and oxygen atoms in total. The molecule has 0 bridgehead atoms. The van der Waals surface area contributed by atoms with E-state index in [4.69, 9.17) is 0 Å². The van der Waals surface area contributed by atoms with E-state index in [-0.39, 0.29) is 11.5 Å². The fourth-order valence-corrected chi connectivity index (χ4v) is 2.62. The molecule has 0 radical (unpaired) electrons. The number of hydrogen-bond acceptors (Lipinski definition) is 2. The maximum Gasteiger partial charge on any atom is 0.258 e. The van der Waals surface area contributed by atoms with Crippen LogP contribution in [0.4, 0.5) is 5.69 Å². The van der Waals surface area contributed by atoms with Gasteiger partial charge in [-0.25, -0.2) is 0 Å². The van der Waals surface area contributed by atoms with Crippen LogP contribution < -0.4 is 10.9 Å². The fraction of sp³-hybridized carbons (Fsp3) is 0.158. The van der Waals surface area contributed by atoms with Crippen molar-refractivity contribution in [3.05, 3.63) is 76.2 Å². The van der Waals surface area contributed by atoms with Crippen molar-refractivity contribution in [2.24, 2.45) is 7.05 Å². The Morgan fingerprint density at radius 2 is 1.70 bits per heavy atom. The minimum Gasteiger partial charge on any atom is -0.322 e. The van der Waals surface area contributed by atoms with E-state index in [0.29, 0.717) is 16.3 Å². The number of benzene rings is 2. The number of amides is 1. The van der Waals surface area contributed by atoms with Crippen LogP contribution in [-0.4, -0.2) is 10.5 Å². The van der Waals surface area contributed by atoms with Crippen molar-refractivity contribution < 1.29 is 4.79 Å². The van der Waals surface area contributed by atoms with Crippen molar-refractivity contribution in [1.29, 1.82) is 0 Å². The SMILES string of the molecule is CCc1ccc(NC(=O)c2cn(C)c(=O)c3ccccc23)cc1. The van der Waals surface area contributed by atoms with Gasteiger partial charge < -0.3 is 9.88 Å². The smallest absolute Gasteiger partial charge is 0.258 e. The zero-order valence-electron chi connectivity index (χ0n) is 13.2. The number of carbonyl (C=O) groups is 1. The van der Waals surface area contributed by atoms with Crippen LogP contribution in [0, 0.1) is 0 Å². The maximum atomic E-state index is 12.6. The molecule has 23 heavy (non-hydrogen) atoms. The van der Waals surface area contributed by atoms with E-state index in [1.54, 1.807) is 31.4 Å². The Morgan fingerprint density at radius 1 is 1.04 bits per heavy atom. The summed E-state index contributed by atoms with van der Waals surface area (Å²) in [6.07, 6.45) is 2.54. The lowest BCUT2D eigenvalue weighted by molar-refractivity contribution is 0.102. The van der Waals surface area contributed by atoms with Gasteiger partial charge in [0.25, 0.3) is 11.5 Å². The molecule has 0 saturated heterocycles. The van der Waals surface area contributed by atoms with Gasteiger partial charge in [0.2, 0.25) is 0 Å². The van der Waals surface area contributed by atoms with Gasteiger partial charge >= 0.3 is 0 Å². The molecule has 1 heterocycles. The third-order valence-electron chi connectivity index (χ3n) is 3.96. The highest BCUT2D eigenvalue weighted by Gasteiger charge is 2.13. The fourth-order valence-electron chi connectivity index (χ4n) is 2.62. The number of rotatable bonds is 3. The van der Waals surface area contributed by atoms with Crippen LogP contribution in [0.3, 0.4) is 0 Å². The Labute approximate surface area is 134 Å². The number of aryl methyl sites for hydroxylation is 2. The normalized spacial score (nSPS) is 10.7. The first-order chi connectivity index (χ1) is 11.1. The summed E-state index contributed by atoms with van der Waals surface area (Å²) in [5, 5.41) is 4.10. The number of pyridine rings is 1. The minimum absolute atomic E-state index is 0.107. The van der Waals surface area contributed by atoms with Crippen LogP contribution in [-0.2, 0) is 13.5 Å². The number of carbonyl (C=O) groups excluding carboxylic acids is 1. The molecule has 1 amide bonds. The predicted octanol–water partition coefficient (Wildman–Crippen LogP) is 3.35. The predicted molar refractivity (Wildman–Crippen MR) is 93.0 cm³/mol. The van der Waals surface area contributed by atoms with E-state index in [2.05, 4.69) is 12.2 Å². The molecule has 0 unspecified atom stereocenters. The van der Waals surface area contributed by atoms with Crippen molar-refractivity contribution in [3.8, 4) is 0 Å². The van der Waals surface area contributed by atoms with Crippen LogP contribution in [0.1, 0.15) is 22.8 Å². The average Bonchev–Trinajstić information content (AvgIpc) is 2.58. The third kappa shape index (κ3) is 2.88. The largest absolute Gasteiger partial charge is 0.322 e. The minimum atomic E-state index is -0.221. The molecule has 0 atom stereocenters. The first kappa shape index (κ1) is 15.0. The molecule has 0 fully saturated rings. The van der Waals surface area contributed by atoms with E-state index in [0.717, 1.165) is 12.1 Å². The van der Waals surface area contributed by atoms with Gasteiger partial charge in [-0.1, -0.05) is 37.3 Å². The van der Waals surface area contributed by atoms with Crippen LogP contribution in [0.25, 0.3) is 10.8 Å². The Hall–Kier alpha value is -2.88. The van der Waals surface area contributed by atoms with E-state index < -0.39 is 0 Å². The Balaban J connectivity index is 2.00. The van der Waals surface area contributed by atoms with Crippen LogP contribution in [0.2, 0.25) is 0 Å². The van der Waals surface area contributed by atoms with Gasteiger partial charge in [0.05, 0.1) is 5.56 Å². The summed E-state index contributed by atoms with van der Waals surface area (Å²) in [6.45, 7) is 2.09. The van der Waals surface area contributed by atoms with Crippen molar-refractivity contribution in [2.75, 3.05) is 5.32 Å². The number of anilines is 1. The maximum absolute atomic E-state index is 12.6. The summed E-state index contributed by atoms with van der Waals surface area (Å²) in [5.74, 6) is -0.221. The van der Waals surface area contributed by atoms with Crippen molar-refractivity contribution in [3.63, 3.8) is 0 Å². The van der Waals surface area contributed by atoms with E-state index in [1.165, 1.54) is 10.1 Å². The first-order valence-electron chi connectivity index (χ1n) is 7.59. The summed E-state index contributed by atoms with van der Waals surface area (Å²) in [5.41, 5.74) is 2.34. The number of nitrogens with zero attached hydrogens (tertiary/aromatic N) is 1. The molecule has 2 aromatic carbocycles. The van der Waals surface area contributed by atoms with E-state index in [9.17, 15) is 9.59 Å². The zero-order valence-corrected chi connectivity index (χ0v) is 13.2. The lowest BCUT2D eigenvalue weighted by Crippen LogP contribution is -2.21. The average molecular weight is 306 g/mol. The monoisotopic (exact) mass is 306 g/mol. The van der Waals surface area contributed by atoms with Crippen molar-refractivity contribution in [2.45, 2.75) is 13.3 Å². The number of aromatic nitrogens is 1. The Kier molecular flexibility index (Phi) is 3.98. The second kappa shape index (κ2) is 6.08. The number of nitrogens with one attached hydrogen (secondary N) is 1. The molecule has 4 heteroatoms. The van der Waals surface area contributed by atoms with Crippen LogP contribution >= 0.6 is 0 Å². The Bertz CT molecular complexity index is 924. The Morgan fingerprint density at radius 3 is 2.35 bits per heavy atom. The van der Waals surface area contributed by atoms with Gasteiger partial charge in [-0.15, -0.1) is 0 Å².